The second-order valence-corrected chi connectivity index (χ2v) is 10.00. The molecule has 0 aliphatic rings. The maximum Gasteiger partial charge on any atom is 0.420 e. The molecule has 2 heterocycles. The van der Waals surface area contributed by atoms with E-state index in [-0.39, 0.29) is 29.4 Å². The van der Waals surface area contributed by atoms with Gasteiger partial charge in [0.15, 0.2) is 5.82 Å². The Bertz CT molecular complexity index is 1600. The summed E-state index contributed by atoms with van der Waals surface area (Å²) in [5.74, 6) is -0.191. The van der Waals surface area contributed by atoms with Crippen LogP contribution in [0, 0.1) is 24.0 Å². The number of pyridine rings is 1. The number of hydrogen-bond acceptors (Lipinski definition) is 9. The lowest BCUT2D eigenvalue weighted by atomic mass is 10.1. The average Bonchev–Trinajstić information content (AvgIpc) is 3.24. The van der Waals surface area contributed by atoms with E-state index in [2.05, 4.69) is 15.3 Å². The lowest BCUT2D eigenvalue weighted by Gasteiger charge is -2.21. The SMILES string of the molecule is COC(=O)c1ccccc1-c1nc2ccc(CNc3nc(C)cc(C)c3[N+](=O)[O-])cc2n1C(=O)OC(C)(C)C. The van der Waals surface area contributed by atoms with Crippen molar-refractivity contribution in [1.82, 2.24) is 14.5 Å². The number of methoxy groups -OCH3 is 1. The van der Waals surface area contributed by atoms with Crippen molar-refractivity contribution in [2.75, 3.05) is 12.4 Å². The van der Waals surface area contributed by atoms with Crippen LogP contribution in [0.25, 0.3) is 22.4 Å². The van der Waals surface area contributed by atoms with E-state index in [0.717, 1.165) is 5.56 Å². The predicted molar refractivity (Wildman–Crippen MR) is 146 cm³/mol. The molecule has 0 fully saturated rings. The third kappa shape index (κ3) is 5.71. The Balaban J connectivity index is 1.82. The average molecular weight is 532 g/mol. The first-order valence-electron chi connectivity index (χ1n) is 12.2. The monoisotopic (exact) mass is 531 g/mol. The lowest BCUT2D eigenvalue weighted by molar-refractivity contribution is -0.384. The number of nitrogens with one attached hydrogen (secondary N) is 1. The Morgan fingerprint density at radius 3 is 2.46 bits per heavy atom. The van der Waals surface area contributed by atoms with Crippen LogP contribution in [0.4, 0.5) is 16.3 Å². The number of nitro groups is 1. The summed E-state index contributed by atoms with van der Waals surface area (Å²) in [5.41, 5.74) is 2.57. The van der Waals surface area contributed by atoms with Crippen LogP contribution >= 0.6 is 0 Å². The van der Waals surface area contributed by atoms with Crippen molar-refractivity contribution in [2.45, 2.75) is 46.8 Å². The zero-order valence-corrected chi connectivity index (χ0v) is 22.6. The number of nitrogens with zero attached hydrogens (tertiary/aromatic N) is 4. The first-order valence-corrected chi connectivity index (χ1v) is 12.2. The van der Waals surface area contributed by atoms with Crippen molar-refractivity contribution in [3.63, 3.8) is 0 Å². The van der Waals surface area contributed by atoms with E-state index in [1.54, 1.807) is 83.1 Å². The second kappa shape index (κ2) is 10.5. The highest BCUT2D eigenvalue weighted by molar-refractivity contribution is 6.00. The van der Waals surface area contributed by atoms with Crippen LogP contribution in [-0.4, -0.2) is 44.2 Å². The molecule has 0 unspecified atom stereocenters. The Kier molecular flexibility index (Phi) is 7.35. The molecule has 0 saturated carbocycles. The van der Waals surface area contributed by atoms with Gasteiger partial charge in [-0.3, -0.25) is 10.1 Å². The zero-order chi connectivity index (χ0) is 28.5. The fraction of sp³-hybridized carbons (Fsp3) is 0.286. The van der Waals surface area contributed by atoms with Gasteiger partial charge in [0.1, 0.15) is 5.60 Å². The molecule has 4 rings (SSSR count). The molecule has 4 aromatic rings. The van der Waals surface area contributed by atoms with Crippen molar-refractivity contribution in [1.29, 1.82) is 0 Å². The van der Waals surface area contributed by atoms with Crippen molar-refractivity contribution in [3.05, 3.63) is 81.0 Å². The first kappa shape index (κ1) is 27.2. The smallest absolute Gasteiger partial charge is 0.420 e. The second-order valence-electron chi connectivity index (χ2n) is 10.00. The molecule has 0 bridgehead atoms. The largest absolute Gasteiger partial charge is 0.465 e. The van der Waals surface area contributed by atoms with Gasteiger partial charge in [-0.15, -0.1) is 0 Å². The minimum Gasteiger partial charge on any atom is -0.465 e. The predicted octanol–water partition coefficient (Wildman–Crippen LogP) is 5.81. The van der Waals surface area contributed by atoms with E-state index in [4.69, 9.17) is 9.47 Å². The van der Waals surface area contributed by atoms with Crippen LogP contribution in [0.3, 0.4) is 0 Å². The van der Waals surface area contributed by atoms with Crippen molar-refractivity contribution in [2.24, 2.45) is 0 Å². The molecule has 0 radical (unpaired) electrons. The number of aryl methyl sites for hydroxylation is 2. The molecule has 11 heteroatoms. The molecule has 0 atom stereocenters. The van der Waals surface area contributed by atoms with Crippen LogP contribution in [0.1, 0.15) is 48.0 Å². The number of benzene rings is 2. The van der Waals surface area contributed by atoms with E-state index >= 15 is 0 Å². The van der Waals surface area contributed by atoms with Crippen molar-refractivity contribution in [3.8, 4) is 11.4 Å². The van der Waals surface area contributed by atoms with Crippen molar-refractivity contribution < 1.29 is 24.0 Å². The molecule has 0 aliphatic heterocycles. The molecule has 2 aromatic heterocycles. The Morgan fingerprint density at radius 1 is 1.08 bits per heavy atom. The molecular formula is C28H29N5O6. The highest BCUT2D eigenvalue weighted by atomic mass is 16.6. The van der Waals surface area contributed by atoms with E-state index in [0.29, 0.717) is 27.9 Å². The molecular weight excluding hydrogens is 502 g/mol. The third-order valence-electron chi connectivity index (χ3n) is 5.82. The highest BCUT2D eigenvalue weighted by Gasteiger charge is 2.27. The number of aromatic nitrogens is 3. The van der Waals surface area contributed by atoms with Gasteiger partial charge in [-0.05, 0) is 64.4 Å². The van der Waals surface area contributed by atoms with Gasteiger partial charge < -0.3 is 14.8 Å². The van der Waals surface area contributed by atoms with E-state index < -0.39 is 22.6 Å². The Morgan fingerprint density at radius 2 is 1.79 bits per heavy atom. The van der Waals surface area contributed by atoms with Crippen molar-refractivity contribution >= 4 is 34.6 Å². The lowest BCUT2D eigenvalue weighted by Crippen LogP contribution is -2.27. The van der Waals surface area contributed by atoms with E-state index in [1.807, 2.05) is 0 Å². The maximum atomic E-state index is 13.4. The van der Waals surface area contributed by atoms with Gasteiger partial charge in [-0.1, -0.05) is 24.3 Å². The molecule has 0 saturated heterocycles. The summed E-state index contributed by atoms with van der Waals surface area (Å²) in [6.07, 6.45) is -0.670. The van der Waals surface area contributed by atoms with Crippen LogP contribution in [0.15, 0.2) is 48.5 Å². The van der Waals surface area contributed by atoms with Gasteiger partial charge >= 0.3 is 17.7 Å². The quantitative estimate of drug-likeness (QED) is 0.186. The minimum absolute atomic E-state index is 0.0952. The minimum atomic E-state index is -0.792. The summed E-state index contributed by atoms with van der Waals surface area (Å²) in [7, 11) is 1.28. The van der Waals surface area contributed by atoms with Crippen LogP contribution in [0.5, 0.6) is 0 Å². The third-order valence-corrected chi connectivity index (χ3v) is 5.82. The summed E-state index contributed by atoms with van der Waals surface area (Å²) < 4.78 is 11.9. The van der Waals surface area contributed by atoms with E-state index in [1.165, 1.54) is 11.7 Å². The topological polar surface area (TPSA) is 138 Å². The highest BCUT2D eigenvalue weighted by Crippen LogP contribution is 2.31. The number of fused-ring (bicyclic) bond motifs is 1. The molecule has 39 heavy (non-hydrogen) atoms. The number of hydrogen-bond donors (Lipinski definition) is 1. The van der Waals surface area contributed by atoms with Gasteiger partial charge in [0.2, 0.25) is 5.82 Å². The fourth-order valence-corrected chi connectivity index (χ4v) is 4.24. The number of carbonyl (C=O) groups is 2. The summed E-state index contributed by atoms with van der Waals surface area (Å²) in [6.45, 7) is 8.89. The normalized spacial score (nSPS) is 11.3. The Labute approximate surface area is 224 Å². The number of carbonyl (C=O) groups excluding carboxylic acids is 2. The number of imidazole rings is 1. The van der Waals surface area contributed by atoms with Gasteiger partial charge in [0.05, 0.1) is 28.6 Å². The summed E-state index contributed by atoms with van der Waals surface area (Å²) >= 11 is 0. The first-order chi connectivity index (χ1) is 18.4. The zero-order valence-electron chi connectivity index (χ0n) is 22.6. The molecule has 0 amide bonds. The van der Waals surface area contributed by atoms with Crippen LogP contribution in [-0.2, 0) is 16.0 Å². The van der Waals surface area contributed by atoms with Crippen LogP contribution in [0.2, 0.25) is 0 Å². The summed E-state index contributed by atoms with van der Waals surface area (Å²) in [6, 6.07) is 13.6. The number of anilines is 1. The Hall–Kier alpha value is -4.80. The molecule has 202 valence electrons. The number of rotatable bonds is 6. The molecule has 0 spiro atoms. The summed E-state index contributed by atoms with van der Waals surface area (Å²) in [5, 5.41) is 14.7. The van der Waals surface area contributed by atoms with Gasteiger partial charge in [-0.25, -0.2) is 24.1 Å². The van der Waals surface area contributed by atoms with Gasteiger partial charge in [0, 0.05) is 23.4 Å². The van der Waals surface area contributed by atoms with Gasteiger partial charge in [0.25, 0.3) is 0 Å². The maximum absolute atomic E-state index is 13.4. The molecule has 2 aromatic carbocycles. The summed E-state index contributed by atoms with van der Waals surface area (Å²) in [4.78, 5) is 46.1. The number of esters is 1. The molecule has 0 aliphatic carbocycles. The molecule has 1 N–H and O–H groups in total. The van der Waals surface area contributed by atoms with E-state index in [9.17, 15) is 19.7 Å². The fourth-order valence-electron chi connectivity index (χ4n) is 4.24. The van der Waals surface area contributed by atoms with Gasteiger partial charge in [-0.2, -0.15) is 0 Å². The molecule has 11 nitrogen and oxygen atoms in total. The van der Waals surface area contributed by atoms with Crippen LogP contribution < -0.4 is 5.32 Å². The number of ether oxygens (including phenoxy) is 2. The standard InChI is InChI=1S/C28H29N5O6/c1-16-13-17(2)30-24(23(16)33(36)37)29-15-18-11-12-21-22(14-18)32(27(35)39-28(3,4)5)25(31-21)19-9-7-8-10-20(19)26(34)38-6/h7-14H,15H2,1-6H3,(H,29,30).